The number of alkyl halides is 1. The molecule has 0 bridgehead atoms. The molecule has 0 aliphatic carbocycles. The molecule has 0 saturated heterocycles. The summed E-state index contributed by atoms with van der Waals surface area (Å²) in [4.78, 5) is 11.6. The molecule has 100 valence electrons. The highest BCUT2D eigenvalue weighted by Gasteiger charge is 2.11. The van der Waals surface area contributed by atoms with Crippen LogP contribution < -0.4 is 14.8 Å². The van der Waals surface area contributed by atoms with Crippen LogP contribution in [0.3, 0.4) is 0 Å². The van der Waals surface area contributed by atoms with Gasteiger partial charge in [-0.3, -0.25) is 4.79 Å². The smallest absolute Gasteiger partial charge is 0.224 e. The van der Waals surface area contributed by atoms with Gasteiger partial charge < -0.3 is 14.8 Å². The van der Waals surface area contributed by atoms with Gasteiger partial charge in [-0.15, -0.1) is 11.6 Å². The number of amides is 1. The molecule has 0 radical (unpaired) electrons. The normalized spacial score (nSPS) is 10.0. The maximum Gasteiger partial charge on any atom is 0.224 e. The van der Waals surface area contributed by atoms with Gasteiger partial charge in [-0.1, -0.05) is 0 Å². The number of hydrogen-bond acceptors (Lipinski definition) is 3. The summed E-state index contributed by atoms with van der Waals surface area (Å²) in [5.41, 5.74) is 1.91. The predicted molar refractivity (Wildman–Crippen MR) is 71.7 cm³/mol. The lowest BCUT2D eigenvalue weighted by molar-refractivity contribution is -0.120. The molecule has 1 amide bonds. The SMILES string of the molecule is COc1cc(C)c(CC(=O)NCCCl)cc1OC. The van der Waals surface area contributed by atoms with Gasteiger partial charge >= 0.3 is 0 Å². The number of hydrogen-bond donors (Lipinski definition) is 1. The number of nitrogens with one attached hydrogen (secondary N) is 1. The molecule has 0 unspecified atom stereocenters. The lowest BCUT2D eigenvalue weighted by Crippen LogP contribution is -2.27. The number of ether oxygens (including phenoxy) is 2. The van der Waals surface area contributed by atoms with Crippen molar-refractivity contribution in [3.8, 4) is 11.5 Å². The van der Waals surface area contributed by atoms with E-state index >= 15 is 0 Å². The van der Waals surface area contributed by atoms with Crippen molar-refractivity contribution >= 4 is 17.5 Å². The van der Waals surface area contributed by atoms with Crippen LogP contribution in [0, 0.1) is 6.92 Å². The van der Waals surface area contributed by atoms with Gasteiger partial charge in [0.2, 0.25) is 5.91 Å². The van der Waals surface area contributed by atoms with E-state index in [1.54, 1.807) is 14.2 Å². The van der Waals surface area contributed by atoms with Crippen LogP contribution in [-0.2, 0) is 11.2 Å². The van der Waals surface area contributed by atoms with Gasteiger partial charge in [-0.25, -0.2) is 0 Å². The van der Waals surface area contributed by atoms with Crippen LogP contribution in [0.1, 0.15) is 11.1 Å². The Kier molecular flexibility index (Phi) is 5.78. The van der Waals surface area contributed by atoms with Crippen LogP contribution in [0.15, 0.2) is 12.1 Å². The quantitative estimate of drug-likeness (QED) is 0.804. The molecule has 1 aromatic carbocycles. The zero-order valence-electron chi connectivity index (χ0n) is 10.9. The van der Waals surface area contributed by atoms with E-state index in [1.165, 1.54) is 0 Å². The number of benzene rings is 1. The van der Waals surface area contributed by atoms with E-state index in [-0.39, 0.29) is 5.91 Å². The van der Waals surface area contributed by atoms with Gasteiger partial charge in [-0.2, -0.15) is 0 Å². The van der Waals surface area contributed by atoms with Crippen molar-refractivity contribution in [3.63, 3.8) is 0 Å². The highest BCUT2D eigenvalue weighted by Crippen LogP contribution is 2.30. The summed E-state index contributed by atoms with van der Waals surface area (Å²) >= 11 is 5.52. The number of carbonyl (C=O) groups excluding carboxylic acids is 1. The van der Waals surface area contributed by atoms with E-state index in [0.29, 0.717) is 30.3 Å². The Bertz CT molecular complexity index is 421. The number of methoxy groups -OCH3 is 2. The molecule has 1 aromatic rings. The average Bonchev–Trinajstić information content (AvgIpc) is 2.38. The summed E-state index contributed by atoms with van der Waals surface area (Å²) in [7, 11) is 3.16. The Hall–Kier alpha value is -1.42. The van der Waals surface area contributed by atoms with Gasteiger partial charge in [-0.05, 0) is 30.2 Å². The summed E-state index contributed by atoms with van der Waals surface area (Å²) < 4.78 is 10.4. The first-order valence-electron chi connectivity index (χ1n) is 5.66. The highest BCUT2D eigenvalue weighted by atomic mass is 35.5. The van der Waals surface area contributed by atoms with Crippen molar-refractivity contribution in [2.45, 2.75) is 13.3 Å². The summed E-state index contributed by atoms with van der Waals surface area (Å²) in [5.74, 6) is 1.66. The first-order chi connectivity index (χ1) is 8.62. The molecule has 0 saturated carbocycles. The molecule has 5 heteroatoms. The van der Waals surface area contributed by atoms with E-state index < -0.39 is 0 Å². The largest absolute Gasteiger partial charge is 0.493 e. The molecule has 0 spiro atoms. The zero-order chi connectivity index (χ0) is 13.5. The molecule has 0 aliphatic rings. The van der Waals surface area contributed by atoms with Gasteiger partial charge in [0, 0.05) is 12.4 Å². The summed E-state index contributed by atoms with van der Waals surface area (Å²) in [6.07, 6.45) is 0.309. The van der Waals surface area contributed by atoms with Crippen molar-refractivity contribution in [3.05, 3.63) is 23.3 Å². The fraction of sp³-hybridized carbons (Fsp3) is 0.462. The standard InChI is InChI=1S/C13H18ClNO3/c1-9-6-11(17-2)12(18-3)7-10(9)8-13(16)15-5-4-14/h6-7H,4-5,8H2,1-3H3,(H,15,16). The molecular weight excluding hydrogens is 254 g/mol. The summed E-state index contributed by atoms with van der Waals surface area (Å²) in [6.45, 7) is 2.42. The van der Waals surface area contributed by atoms with E-state index in [2.05, 4.69) is 5.32 Å². The minimum Gasteiger partial charge on any atom is -0.493 e. The molecular formula is C13H18ClNO3. The van der Waals surface area contributed by atoms with E-state index in [1.807, 2.05) is 19.1 Å². The minimum atomic E-state index is -0.0500. The summed E-state index contributed by atoms with van der Waals surface area (Å²) in [6, 6.07) is 3.69. The monoisotopic (exact) mass is 271 g/mol. The molecule has 0 atom stereocenters. The van der Waals surface area contributed by atoms with Crippen LogP contribution in [0.5, 0.6) is 11.5 Å². The van der Waals surface area contributed by atoms with Gasteiger partial charge in [0.05, 0.1) is 20.6 Å². The Morgan fingerprint density at radius 2 is 1.89 bits per heavy atom. The first kappa shape index (κ1) is 14.6. The fourth-order valence-electron chi connectivity index (χ4n) is 1.64. The molecule has 0 fully saturated rings. The predicted octanol–water partition coefficient (Wildman–Crippen LogP) is 1.91. The first-order valence-corrected chi connectivity index (χ1v) is 6.20. The minimum absolute atomic E-state index is 0.0500. The van der Waals surface area contributed by atoms with Gasteiger partial charge in [0.1, 0.15) is 0 Å². The number of carbonyl (C=O) groups is 1. The highest BCUT2D eigenvalue weighted by molar-refractivity contribution is 6.18. The van der Waals surface area contributed by atoms with Crippen molar-refractivity contribution in [2.75, 3.05) is 26.6 Å². The number of aryl methyl sites for hydroxylation is 1. The van der Waals surface area contributed by atoms with Crippen LogP contribution in [-0.4, -0.2) is 32.6 Å². The third-order valence-corrected chi connectivity index (χ3v) is 2.80. The molecule has 0 aromatic heterocycles. The van der Waals surface area contributed by atoms with Crippen molar-refractivity contribution in [1.29, 1.82) is 0 Å². The van der Waals surface area contributed by atoms with Crippen LogP contribution in [0.2, 0.25) is 0 Å². The average molecular weight is 272 g/mol. The maximum atomic E-state index is 11.6. The molecule has 18 heavy (non-hydrogen) atoms. The van der Waals surface area contributed by atoms with Crippen LogP contribution in [0.4, 0.5) is 0 Å². The molecule has 4 nitrogen and oxygen atoms in total. The molecule has 0 heterocycles. The second-order valence-corrected chi connectivity index (χ2v) is 4.23. The molecule has 1 rings (SSSR count). The van der Waals surface area contributed by atoms with Crippen LogP contribution >= 0.6 is 11.6 Å². The lowest BCUT2D eigenvalue weighted by Gasteiger charge is -2.12. The lowest BCUT2D eigenvalue weighted by atomic mass is 10.0. The third-order valence-electron chi connectivity index (χ3n) is 2.61. The van der Waals surface area contributed by atoms with Gasteiger partial charge in [0.25, 0.3) is 0 Å². The second-order valence-electron chi connectivity index (χ2n) is 3.85. The Morgan fingerprint density at radius 3 is 2.44 bits per heavy atom. The van der Waals surface area contributed by atoms with Crippen LogP contribution in [0.25, 0.3) is 0 Å². The van der Waals surface area contributed by atoms with E-state index in [0.717, 1.165) is 11.1 Å². The van der Waals surface area contributed by atoms with E-state index in [4.69, 9.17) is 21.1 Å². The fourth-order valence-corrected chi connectivity index (χ4v) is 1.73. The van der Waals surface area contributed by atoms with E-state index in [9.17, 15) is 4.79 Å². The Morgan fingerprint density at radius 1 is 1.28 bits per heavy atom. The number of halogens is 1. The Balaban J connectivity index is 2.85. The molecule has 0 aliphatic heterocycles. The van der Waals surface area contributed by atoms with Crippen molar-refractivity contribution in [2.24, 2.45) is 0 Å². The second kappa shape index (κ2) is 7.11. The molecule has 1 N–H and O–H groups in total. The maximum absolute atomic E-state index is 11.6. The number of rotatable bonds is 6. The zero-order valence-corrected chi connectivity index (χ0v) is 11.6. The summed E-state index contributed by atoms with van der Waals surface area (Å²) in [5, 5.41) is 2.73. The van der Waals surface area contributed by atoms with Crippen molar-refractivity contribution in [1.82, 2.24) is 5.32 Å². The Labute approximate surface area is 112 Å². The van der Waals surface area contributed by atoms with Crippen molar-refractivity contribution < 1.29 is 14.3 Å². The van der Waals surface area contributed by atoms with Gasteiger partial charge in [0.15, 0.2) is 11.5 Å². The third kappa shape index (κ3) is 3.81. The topological polar surface area (TPSA) is 47.6 Å².